The zero-order chi connectivity index (χ0) is 18.0. The van der Waals surface area contributed by atoms with Crippen molar-refractivity contribution in [1.82, 2.24) is 14.7 Å². The summed E-state index contributed by atoms with van der Waals surface area (Å²) < 4.78 is 0.681. The van der Waals surface area contributed by atoms with Crippen LogP contribution in [0.15, 0.2) is 42.5 Å². The van der Waals surface area contributed by atoms with Crippen LogP contribution in [0.2, 0.25) is 4.34 Å². The Morgan fingerprint density at radius 3 is 2.32 bits per heavy atom. The van der Waals surface area contributed by atoms with Crippen molar-refractivity contribution >= 4 is 40.8 Å². The van der Waals surface area contributed by atoms with E-state index in [2.05, 4.69) is 0 Å². The summed E-state index contributed by atoms with van der Waals surface area (Å²) in [6.45, 7) is 0.663. The first kappa shape index (κ1) is 17.6. The predicted octanol–water partition coefficient (Wildman–Crippen LogP) is 2.78. The molecule has 1 saturated heterocycles. The molecule has 3 rings (SSSR count). The number of nitrogens with zero attached hydrogens (tertiary/aromatic N) is 3. The highest BCUT2D eigenvalue weighted by Crippen LogP contribution is 2.23. The number of amides is 4. The van der Waals surface area contributed by atoms with E-state index in [1.165, 1.54) is 11.3 Å². The summed E-state index contributed by atoms with van der Waals surface area (Å²) in [6.07, 6.45) is 0. The lowest BCUT2D eigenvalue weighted by Gasteiger charge is -2.22. The molecule has 0 spiro atoms. The van der Waals surface area contributed by atoms with E-state index in [0.717, 1.165) is 20.2 Å². The standard InChI is InChI=1S/C17H16ClN3O3S/c1-19(10-13-7-8-14(18)25-13)11-21-16(23)15(22)20(17(21)24)9-12-5-3-2-4-6-12/h2-8H,9-11H2,1H3. The molecule has 0 aliphatic carbocycles. The maximum Gasteiger partial charge on any atom is 0.335 e. The number of halogens is 1. The van der Waals surface area contributed by atoms with Crippen molar-refractivity contribution in [3.05, 3.63) is 57.2 Å². The fraction of sp³-hybridized carbons (Fsp3) is 0.235. The van der Waals surface area contributed by atoms with Crippen molar-refractivity contribution in [3.63, 3.8) is 0 Å². The number of urea groups is 1. The van der Waals surface area contributed by atoms with Crippen LogP contribution in [-0.2, 0) is 22.7 Å². The summed E-state index contributed by atoms with van der Waals surface area (Å²) in [6, 6.07) is 12.2. The highest BCUT2D eigenvalue weighted by molar-refractivity contribution is 7.16. The Morgan fingerprint density at radius 1 is 1.00 bits per heavy atom. The monoisotopic (exact) mass is 377 g/mol. The Balaban J connectivity index is 1.66. The van der Waals surface area contributed by atoms with Gasteiger partial charge in [-0.3, -0.25) is 19.4 Å². The van der Waals surface area contributed by atoms with E-state index in [1.807, 2.05) is 24.3 Å². The van der Waals surface area contributed by atoms with Crippen molar-refractivity contribution < 1.29 is 14.4 Å². The summed E-state index contributed by atoms with van der Waals surface area (Å²) in [4.78, 5) is 41.6. The third-order valence-corrected chi connectivity index (χ3v) is 4.97. The molecular weight excluding hydrogens is 362 g/mol. The lowest BCUT2D eigenvalue weighted by atomic mass is 10.2. The van der Waals surface area contributed by atoms with E-state index in [1.54, 1.807) is 30.1 Å². The summed E-state index contributed by atoms with van der Waals surface area (Å²) >= 11 is 7.34. The molecule has 1 aliphatic rings. The van der Waals surface area contributed by atoms with Gasteiger partial charge in [-0.2, -0.15) is 0 Å². The maximum atomic E-state index is 12.5. The molecular formula is C17H16ClN3O3S. The van der Waals surface area contributed by atoms with E-state index in [4.69, 9.17) is 11.6 Å². The lowest BCUT2D eigenvalue weighted by molar-refractivity contribution is -0.144. The number of hydrogen-bond donors (Lipinski definition) is 0. The second kappa shape index (κ2) is 7.35. The third kappa shape index (κ3) is 3.89. The summed E-state index contributed by atoms with van der Waals surface area (Å²) in [5, 5.41) is 0. The van der Waals surface area contributed by atoms with Gasteiger partial charge in [0.05, 0.1) is 17.5 Å². The van der Waals surface area contributed by atoms with Gasteiger partial charge in [-0.15, -0.1) is 11.3 Å². The number of carbonyl (C=O) groups excluding carboxylic acids is 3. The first-order valence-electron chi connectivity index (χ1n) is 7.59. The molecule has 0 unspecified atom stereocenters. The minimum Gasteiger partial charge on any atom is -0.283 e. The molecule has 2 heterocycles. The first-order valence-corrected chi connectivity index (χ1v) is 8.79. The molecule has 6 nitrogen and oxygen atoms in total. The highest BCUT2D eigenvalue weighted by atomic mass is 35.5. The number of imide groups is 2. The molecule has 8 heteroatoms. The van der Waals surface area contributed by atoms with Crippen molar-refractivity contribution in [2.45, 2.75) is 13.1 Å². The van der Waals surface area contributed by atoms with Crippen LogP contribution in [-0.4, -0.2) is 46.3 Å². The van der Waals surface area contributed by atoms with Crippen LogP contribution in [0.4, 0.5) is 4.79 Å². The third-order valence-electron chi connectivity index (χ3n) is 3.76. The van der Waals surface area contributed by atoms with Crippen LogP contribution in [0.1, 0.15) is 10.4 Å². The molecule has 0 radical (unpaired) electrons. The minimum atomic E-state index is -0.794. The van der Waals surface area contributed by atoms with Crippen molar-refractivity contribution in [3.8, 4) is 0 Å². The summed E-state index contributed by atoms with van der Waals surface area (Å²) in [7, 11) is 1.78. The largest absolute Gasteiger partial charge is 0.335 e. The van der Waals surface area contributed by atoms with Gasteiger partial charge in [0.2, 0.25) is 0 Å². The average Bonchev–Trinajstić information content (AvgIpc) is 3.08. The van der Waals surface area contributed by atoms with Crippen LogP contribution in [0.5, 0.6) is 0 Å². The van der Waals surface area contributed by atoms with Crippen LogP contribution < -0.4 is 0 Å². The zero-order valence-electron chi connectivity index (χ0n) is 13.5. The van der Waals surface area contributed by atoms with E-state index in [9.17, 15) is 14.4 Å². The molecule has 0 bridgehead atoms. The number of hydrogen-bond acceptors (Lipinski definition) is 5. The summed E-state index contributed by atoms with van der Waals surface area (Å²) in [5.74, 6) is -1.58. The quantitative estimate of drug-likeness (QED) is 0.573. The number of benzene rings is 1. The minimum absolute atomic E-state index is 0.0458. The number of thiophene rings is 1. The fourth-order valence-electron chi connectivity index (χ4n) is 2.57. The topological polar surface area (TPSA) is 60.9 Å². The Bertz CT molecular complexity index is 808. The Hall–Kier alpha value is -2.22. The molecule has 4 amide bonds. The second-order valence-electron chi connectivity index (χ2n) is 5.75. The smallest absolute Gasteiger partial charge is 0.283 e. The molecule has 0 atom stereocenters. The van der Waals surface area contributed by atoms with Crippen LogP contribution >= 0.6 is 22.9 Å². The van der Waals surface area contributed by atoms with E-state index >= 15 is 0 Å². The normalized spacial score (nSPS) is 14.9. The van der Waals surface area contributed by atoms with E-state index in [-0.39, 0.29) is 13.2 Å². The van der Waals surface area contributed by atoms with Gasteiger partial charge >= 0.3 is 17.8 Å². The fourth-order valence-corrected chi connectivity index (χ4v) is 3.74. The zero-order valence-corrected chi connectivity index (χ0v) is 15.1. The van der Waals surface area contributed by atoms with Crippen molar-refractivity contribution in [2.75, 3.05) is 13.7 Å². The molecule has 0 saturated carbocycles. The van der Waals surface area contributed by atoms with E-state index < -0.39 is 17.8 Å². The summed E-state index contributed by atoms with van der Waals surface area (Å²) in [5.41, 5.74) is 0.792. The molecule has 2 aromatic rings. The van der Waals surface area contributed by atoms with Gasteiger partial charge in [-0.1, -0.05) is 41.9 Å². The van der Waals surface area contributed by atoms with Gasteiger partial charge in [0, 0.05) is 11.4 Å². The first-order chi connectivity index (χ1) is 12.0. The molecule has 1 aromatic heterocycles. The molecule has 1 aliphatic heterocycles. The highest BCUT2D eigenvalue weighted by Gasteiger charge is 2.44. The number of carbonyl (C=O) groups is 3. The number of rotatable bonds is 6. The molecule has 1 fully saturated rings. The Morgan fingerprint density at radius 2 is 1.68 bits per heavy atom. The van der Waals surface area contributed by atoms with Gasteiger partial charge in [0.15, 0.2) is 0 Å². The predicted molar refractivity (Wildman–Crippen MR) is 94.9 cm³/mol. The average molecular weight is 378 g/mol. The molecule has 0 N–H and O–H groups in total. The van der Waals surface area contributed by atoms with Crippen LogP contribution in [0, 0.1) is 0 Å². The van der Waals surface area contributed by atoms with E-state index in [0.29, 0.717) is 10.9 Å². The van der Waals surface area contributed by atoms with Crippen molar-refractivity contribution in [1.29, 1.82) is 0 Å². The Labute approximate surface area is 154 Å². The van der Waals surface area contributed by atoms with Gasteiger partial charge in [-0.25, -0.2) is 9.69 Å². The van der Waals surface area contributed by atoms with Crippen molar-refractivity contribution in [2.24, 2.45) is 0 Å². The second-order valence-corrected chi connectivity index (χ2v) is 7.55. The molecule has 1 aromatic carbocycles. The maximum absolute atomic E-state index is 12.5. The van der Waals surface area contributed by atoms with Crippen LogP contribution in [0.3, 0.4) is 0 Å². The van der Waals surface area contributed by atoms with Gasteiger partial charge < -0.3 is 0 Å². The van der Waals surface area contributed by atoms with Crippen LogP contribution in [0.25, 0.3) is 0 Å². The Kier molecular flexibility index (Phi) is 5.17. The van der Waals surface area contributed by atoms with Gasteiger partial charge in [0.1, 0.15) is 0 Å². The van der Waals surface area contributed by atoms with Gasteiger partial charge in [0.25, 0.3) is 0 Å². The van der Waals surface area contributed by atoms with Gasteiger partial charge in [-0.05, 0) is 24.7 Å². The molecule has 130 valence electrons. The molecule has 25 heavy (non-hydrogen) atoms. The lowest BCUT2D eigenvalue weighted by Crippen LogP contribution is -2.40. The SMILES string of the molecule is CN(Cc1ccc(Cl)s1)CN1C(=O)C(=O)N(Cc2ccccc2)C1=O.